The van der Waals surface area contributed by atoms with Gasteiger partial charge in [-0.25, -0.2) is 4.98 Å². The molecule has 0 saturated heterocycles. The van der Waals surface area contributed by atoms with Crippen molar-refractivity contribution in [2.75, 3.05) is 12.3 Å². The van der Waals surface area contributed by atoms with Crippen molar-refractivity contribution in [3.05, 3.63) is 59.7 Å². The molecule has 1 unspecified atom stereocenters. The van der Waals surface area contributed by atoms with E-state index in [1.807, 2.05) is 29.2 Å². The van der Waals surface area contributed by atoms with E-state index in [-0.39, 0.29) is 11.9 Å². The number of fused-ring (bicyclic) bond motifs is 1. The SMILES string of the molecule is Cc1cc2sc(N)nc2cc1-c1cccc(C(=O)N2CC=CC2C(C)C)c1. The van der Waals surface area contributed by atoms with Gasteiger partial charge in [-0.15, -0.1) is 0 Å². The maximum atomic E-state index is 13.1. The minimum absolute atomic E-state index is 0.0807. The van der Waals surface area contributed by atoms with Gasteiger partial charge in [0, 0.05) is 12.1 Å². The van der Waals surface area contributed by atoms with Gasteiger partial charge in [-0.2, -0.15) is 0 Å². The molecule has 0 spiro atoms. The van der Waals surface area contributed by atoms with E-state index in [2.05, 4.69) is 50.0 Å². The molecule has 27 heavy (non-hydrogen) atoms. The first-order valence-corrected chi connectivity index (χ1v) is 10.0. The van der Waals surface area contributed by atoms with Crippen LogP contribution in [-0.2, 0) is 0 Å². The number of carbonyl (C=O) groups is 1. The van der Waals surface area contributed by atoms with Gasteiger partial charge in [0.2, 0.25) is 0 Å². The summed E-state index contributed by atoms with van der Waals surface area (Å²) >= 11 is 1.50. The fraction of sp³-hybridized carbons (Fsp3) is 0.273. The third-order valence-electron chi connectivity index (χ3n) is 5.11. The summed E-state index contributed by atoms with van der Waals surface area (Å²) in [6.07, 6.45) is 4.22. The highest BCUT2D eigenvalue weighted by molar-refractivity contribution is 7.22. The summed E-state index contributed by atoms with van der Waals surface area (Å²) in [5.41, 5.74) is 10.7. The Hall–Kier alpha value is -2.66. The fourth-order valence-electron chi connectivity index (χ4n) is 3.73. The molecule has 0 aliphatic carbocycles. The Balaban J connectivity index is 1.71. The number of aromatic nitrogens is 1. The third kappa shape index (κ3) is 3.23. The lowest BCUT2D eigenvalue weighted by Crippen LogP contribution is -2.39. The number of aryl methyl sites for hydroxylation is 1. The van der Waals surface area contributed by atoms with Crippen LogP contribution in [0.15, 0.2) is 48.6 Å². The fourth-order valence-corrected chi connectivity index (χ4v) is 4.54. The van der Waals surface area contributed by atoms with Crippen LogP contribution in [0.5, 0.6) is 0 Å². The quantitative estimate of drug-likeness (QED) is 0.661. The Morgan fingerprint density at radius 3 is 2.89 bits per heavy atom. The molecule has 0 bridgehead atoms. The topological polar surface area (TPSA) is 59.2 Å². The summed E-state index contributed by atoms with van der Waals surface area (Å²) in [6.45, 7) is 7.05. The average Bonchev–Trinajstić information content (AvgIpc) is 3.26. The maximum Gasteiger partial charge on any atom is 0.254 e. The zero-order valence-corrected chi connectivity index (χ0v) is 16.6. The lowest BCUT2D eigenvalue weighted by Gasteiger charge is -2.27. The van der Waals surface area contributed by atoms with Crippen LogP contribution >= 0.6 is 11.3 Å². The number of anilines is 1. The zero-order chi connectivity index (χ0) is 19.1. The lowest BCUT2D eigenvalue weighted by atomic mass is 9.97. The van der Waals surface area contributed by atoms with Gasteiger partial charge >= 0.3 is 0 Å². The number of thiazole rings is 1. The van der Waals surface area contributed by atoms with Crippen LogP contribution in [0.25, 0.3) is 21.3 Å². The molecule has 3 aromatic rings. The van der Waals surface area contributed by atoms with Crippen LogP contribution in [0.1, 0.15) is 29.8 Å². The summed E-state index contributed by atoms with van der Waals surface area (Å²) in [4.78, 5) is 19.5. The van der Waals surface area contributed by atoms with Gasteiger partial charge in [0.25, 0.3) is 5.91 Å². The maximum absolute atomic E-state index is 13.1. The van der Waals surface area contributed by atoms with Gasteiger partial charge in [-0.3, -0.25) is 4.79 Å². The van der Waals surface area contributed by atoms with E-state index >= 15 is 0 Å². The molecule has 0 fully saturated rings. The van der Waals surface area contributed by atoms with E-state index in [0.717, 1.165) is 32.5 Å². The van der Waals surface area contributed by atoms with Gasteiger partial charge in [-0.1, -0.05) is 49.5 Å². The van der Waals surface area contributed by atoms with Crippen LogP contribution in [0.4, 0.5) is 5.13 Å². The van der Waals surface area contributed by atoms with Crippen LogP contribution in [-0.4, -0.2) is 28.4 Å². The standard InChI is InChI=1S/C22H23N3OS/c1-13(2)19-8-5-9-25(19)21(26)16-7-4-6-15(11-16)17-12-18-20(10-14(17)3)27-22(23)24-18/h4-8,10-13,19H,9H2,1-3H3,(H2,23,24). The number of carbonyl (C=O) groups excluding carboxylic acids is 1. The first-order valence-electron chi connectivity index (χ1n) is 9.19. The van der Waals surface area contributed by atoms with Crippen molar-refractivity contribution in [3.8, 4) is 11.1 Å². The predicted molar refractivity (Wildman–Crippen MR) is 113 cm³/mol. The normalized spacial score (nSPS) is 16.6. The molecule has 2 aromatic carbocycles. The molecular weight excluding hydrogens is 354 g/mol. The van der Waals surface area contributed by atoms with E-state index in [0.29, 0.717) is 17.6 Å². The smallest absolute Gasteiger partial charge is 0.254 e. The largest absolute Gasteiger partial charge is 0.375 e. The molecule has 1 amide bonds. The number of benzene rings is 2. The molecule has 4 rings (SSSR count). The molecule has 1 aliphatic heterocycles. The monoisotopic (exact) mass is 377 g/mol. The number of hydrogen-bond acceptors (Lipinski definition) is 4. The molecule has 0 saturated carbocycles. The van der Waals surface area contributed by atoms with Crippen LogP contribution in [0.3, 0.4) is 0 Å². The molecule has 1 aliphatic rings. The van der Waals surface area contributed by atoms with Gasteiger partial charge in [0.05, 0.1) is 16.3 Å². The van der Waals surface area contributed by atoms with Crippen molar-refractivity contribution in [2.24, 2.45) is 5.92 Å². The van der Waals surface area contributed by atoms with Gasteiger partial charge in [0.15, 0.2) is 5.13 Å². The van der Waals surface area contributed by atoms with Crippen molar-refractivity contribution in [1.82, 2.24) is 9.88 Å². The number of nitrogens with two attached hydrogens (primary N) is 1. The molecule has 1 aromatic heterocycles. The lowest BCUT2D eigenvalue weighted by molar-refractivity contribution is 0.0720. The Bertz CT molecular complexity index is 1050. The Morgan fingerprint density at radius 2 is 2.11 bits per heavy atom. The summed E-state index contributed by atoms with van der Waals surface area (Å²) in [7, 11) is 0. The highest BCUT2D eigenvalue weighted by Gasteiger charge is 2.27. The second-order valence-electron chi connectivity index (χ2n) is 7.39. The van der Waals surface area contributed by atoms with E-state index in [1.54, 1.807) is 0 Å². The highest BCUT2D eigenvalue weighted by atomic mass is 32.1. The Morgan fingerprint density at radius 1 is 1.30 bits per heavy atom. The number of rotatable bonds is 3. The molecular formula is C22H23N3OS. The molecule has 4 nitrogen and oxygen atoms in total. The summed E-state index contributed by atoms with van der Waals surface area (Å²) < 4.78 is 1.09. The van der Waals surface area contributed by atoms with Crippen LogP contribution < -0.4 is 5.73 Å². The predicted octanol–water partition coefficient (Wildman–Crippen LogP) is 4.89. The number of amides is 1. The average molecular weight is 378 g/mol. The molecule has 2 heterocycles. The van der Waals surface area contributed by atoms with Crippen LogP contribution in [0, 0.1) is 12.8 Å². The van der Waals surface area contributed by atoms with Crippen molar-refractivity contribution >= 4 is 32.6 Å². The minimum Gasteiger partial charge on any atom is -0.375 e. The summed E-state index contributed by atoms with van der Waals surface area (Å²) in [5, 5.41) is 0.576. The minimum atomic E-state index is 0.0807. The zero-order valence-electron chi connectivity index (χ0n) is 15.8. The number of hydrogen-bond donors (Lipinski definition) is 1. The second kappa shape index (κ2) is 6.82. The molecule has 2 N–H and O–H groups in total. The van der Waals surface area contributed by atoms with Crippen molar-refractivity contribution in [1.29, 1.82) is 0 Å². The first-order chi connectivity index (χ1) is 12.9. The number of nitrogen functional groups attached to an aromatic ring is 1. The Kier molecular flexibility index (Phi) is 4.48. The third-order valence-corrected chi connectivity index (χ3v) is 5.96. The second-order valence-corrected chi connectivity index (χ2v) is 8.45. The van der Waals surface area contributed by atoms with Gasteiger partial charge in [-0.05, 0) is 53.8 Å². The highest BCUT2D eigenvalue weighted by Crippen LogP contribution is 2.32. The number of nitrogens with zero attached hydrogens (tertiary/aromatic N) is 2. The summed E-state index contributed by atoms with van der Waals surface area (Å²) in [6, 6.07) is 12.2. The van der Waals surface area contributed by atoms with Crippen molar-refractivity contribution in [3.63, 3.8) is 0 Å². The van der Waals surface area contributed by atoms with E-state index in [1.165, 1.54) is 11.3 Å². The molecule has 5 heteroatoms. The van der Waals surface area contributed by atoms with Gasteiger partial charge < -0.3 is 10.6 Å². The van der Waals surface area contributed by atoms with E-state index < -0.39 is 0 Å². The summed E-state index contributed by atoms with van der Waals surface area (Å²) in [5.74, 6) is 0.479. The van der Waals surface area contributed by atoms with E-state index in [9.17, 15) is 4.79 Å². The van der Waals surface area contributed by atoms with Crippen LogP contribution in [0.2, 0.25) is 0 Å². The van der Waals surface area contributed by atoms with Gasteiger partial charge in [0.1, 0.15) is 0 Å². The first kappa shape index (κ1) is 17.7. The molecule has 1 atom stereocenters. The molecule has 0 radical (unpaired) electrons. The molecule has 138 valence electrons. The van der Waals surface area contributed by atoms with Crippen molar-refractivity contribution < 1.29 is 4.79 Å². The Labute approximate surface area is 163 Å². The van der Waals surface area contributed by atoms with E-state index in [4.69, 9.17) is 5.73 Å². The van der Waals surface area contributed by atoms with Crippen molar-refractivity contribution in [2.45, 2.75) is 26.8 Å².